The lowest BCUT2D eigenvalue weighted by Crippen LogP contribution is -2.44. The van der Waals surface area contributed by atoms with Gasteiger partial charge in [-0.25, -0.2) is 0 Å². The highest BCUT2D eigenvalue weighted by atomic mass is 16.5. The van der Waals surface area contributed by atoms with Gasteiger partial charge in [0.1, 0.15) is 22.8 Å². The van der Waals surface area contributed by atoms with E-state index in [1.165, 1.54) is 0 Å². The molecule has 5 heteroatoms. The van der Waals surface area contributed by atoms with Crippen LogP contribution in [0.3, 0.4) is 0 Å². The number of fused-ring (bicyclic) bond motifs is 1. The number of carbonyl (C=O) groups excluding carboxylic acids is 1. The third-order valence-electron chi connectivity index (χ3n) is 4.99. The van der Waals surface area contributed by atoms with Crippen molar-refractivity contribution in [3.8, 4) is 17.2 Å². The van der Waals surface area contributed by atoms with Gasteiger partial charge in [-0.15, -0.1) is 0 Å². The van der Waals surface area contributed by atoms with E-state index in [2.05, 4.69) is 5.32 Å². The summed E-state index contributed by atoms with van der Waals surface area (Å²) in [5.41, 5.74) is 2.72. The second kappa shape index (κ2) is 7.74. The van der Waals surface area contributed by atoms with Crippen molar-refractivity contribution in [1.82, 2.24) is 5.32 Å². The van der Waals surface area contributed by atoms with Crippen molar-refractivity contribution in [2.45, 2.75) is 58.8 Å². The molecule has 0 saturated carbocycles. The molecule has 0 aromatic heterocycles. The summed E-state index contributed by atoms with van der Waals surface area (Å²) in [5, 5.41) is 3.13. The van der Waals surface area contributed by atoms with Crippen LogP contribution in [-0.2, 0) is 4.79 Å². The van der Waals surface area contributed by atoms with Crippen molar-refractivity contribution in [2.75, 3.05) is 7.11 Å². The quantitative estimate of drug-likeness (QED) is 0.826. The average Bonchev–Trinajstić information content (AvgIpc) is 2.62. The van der Waals surface area contributed by atoms with Gasteiger partial charge in [-0.05, 0) is 64.4 Å². The van der Waals surface area contributed by atoms with Crippen LogP contribution in [0.1, 0.15) is 49.9 Å². The molecule has 0 fully saturated rings. The van der Waals surface area contributed by atoms with Crippen LogP contribution in [0.4, 0.5) is 0 Å². The molecule has 5 nitrogen and oxygen atoms in total. The van der Waals surface area contributed by atoms with E-state index in [4.69, 9.17) is 14.2 Å². The molecule has 0 spiro atoms. The Morgan fingerprint density at radius 3 is 2.64 bits per heavy atom. The molecule has 3 rings (SSSR count). The van der Waals surface area contributed by atoms with E-state index >= 15 is 0 Å². The van der Waals surface area contributed by atoms with E-state index in [9.17, 15) is 4.79 Å². The van der Waals surface area contributed by atoms with E-state index < -0.39 is 6.10 Å². The molecule has 2 aromatic carbocycles. The molecule has 2 atom stereocenters. The number of rotatable bonds is 5. The molecule has 0 aliphatic carbocycles. The van der Waals surface area contributed by atoms with Crippen molar-refractivity contribution < 1.29 is 19.0 Å². The minimum Gasteiger partial charge on any atom is -0.497 e. The summed E-state index contributed by atoms with van der Waals surface area (Å²) in [6, 6.07) is 11.4. The number of nitrogens with one attached hydrogen (secondary N) is 1. The van der Waals surface area contributed by atoms with Gasteiger partial charge < -0.3 is 19.5 Å². The van der Waals surface area contributed by atoms with Gasteiger partial charge in [0.15, 0.2) is 6.10 Å². The standard InChI is InChI=1S/C23H29NO4/c1-14-7-9-20(15(2)11-14)27-16(3)22(25)24-19-13-23(4,5)28-21-10-8-17(26-6)12-18(19)21/h7-12,16,19H,13H2,1-6H3,(H,24,25)/t16-,19+/m1/s1. The zero-order valence-electron chi connectivity index (χ0n) is 17.5. The lowest BCUT2D eigenvalue weighted by atomic mass is 9.89. The summed E-state index contributed by atoms with van der Waals surface area (Å²) in [6.07, 6.45) is 0.0521. The predicted molar refractivity (Wildman–Crippen MR) is 109 cm³/mol. The third-order valence-corrected chi connectivity index (χ3v) is 4.99. The first-order valence-electron chi connectivity index (χ1n) is 9.60. The minimum atomic E-state index is -0.610. The molecular weight excluding hydrogens is 354 g/mol. The maximum atomic E-state index is 12.9. The van der Waals surface area contributed by atoms with Crippen LogP contribution in [0.5, 0.6) is 17.2 Å². The maximum Gasteiger partial charge on any atom is 0.261 e. The van der Waals surface area contributed by atoms with Gasteiger partial charge in [-0.1, -0.05) is 17.7 Å². The Labute approximate surface area is 167 Å². The molecular formula is C23H29NO4. The highest BCUT2D eigenvalue weighted by Crippen LogP contribution is 2.41. The monoisotopic (exact) mass is 383 g/mol. The topological polar surface area (TPSA) is 56.8 Å². The number of hydrogen-bond acceptors (Lipinski definition) is 4. The second-order valence-corrected chi connectivity index (χ2v) is 8.06. The van der Waals surface area contributed by atoms with Crippen molar-refractivity contribution in [1.29, 1.82) is 0 Å². The number of carbonyl (C=O) groups is 1. The maximum absolute atomic E-state index is 12.9. The van der Waals surface area contributed by atoms with Crippen molar-refractivity contribution in [3.63, 3.8) is 0 Å². The Morgan fingerprint density at radius 2 is 1.96 bits per heavy atom. The summed E-state index contributed by atoms with van der Waals surface area (Å²) in [5.74, 6) is 2.07. The van der Waals surface area contributed by atoms with Gasteiger partial charge in [0.05, 0.1) is 13.2 Å². The second-order valence-electron chi connectivity index (χ2n) is 8.06. The third kappa shape index (κ3) is 4.41. The number of methoxy groups -OCH3 is 1. The molecule has 0 unspecified atom stereocenters. The molecule has 150 valence electrons. The van der Waals surface area contributed by atoms with Crippen molar-refractivity contribution in [3.05, 3.63) is 53.1 Å². The molecule has 2 aromatic rings. The molecule has 1 heterocycles. The van der Waals surface area contributed by atoms with Gasteiger partial charge in [-0.3, -0.25) is 4.79 Å². The Morgan fingerprint density at radius 1 is 1.21 bits per heavy atom. The fourth-order valence-electron chi connectivity index (χ4n) is 3.55. The predicted octanol–water partition coefficient (Wildman–Crippen LogP) is 4.50. The highest BCUT2D eigenvalue weighted by molar-refractivity contribution is 5.81. The summed E-state index contributed by atoms with van der Waals surface area (Å²) in [4.78, 5) is 12.9. The Balaban J connectivity index is 1.77. The summed E-state index contributed by atoms with van der Waals surface area (Å²) in [7, 11) is 1.63. The smallest absolute Gasteiger partial charge is 0.261 e. The van der Waals surface area contributed by atoms with Gasteiger partial charge in [0.2, 0.25) is 0 Å². The summed E-state index contributed by atoms with van der Waals surface area (Å²) >= 11 is 0. The molecule has 1 N–H and O–H groups in total. The summed E-state index contributed by atoms with van der Waals surface area (Å²) < 4.78 is 17.3. The van der Waals surface area contributed by atoms with Crippen LogP contribution < -0.4 is 19.5 Å². The van der Waals surface area contributed by atoms with E-state index in [-0.39, 0.29) is 17.6 Å². The van der Waals surface area contributed by atoms with Crippen LogP contribution >= 0.6 is 0 Å². The van der Waals surface area contributed by atoms with Gasteiger partial charge >= 0.3 is 0 Å². The largest absolute Gasteiger partial charge is 0.497 e. The van der Waals surface area contributed by atoms with Crippen molar-refractivity contribution >= 4 is 5.91 Å². The SMILES string of the molecule is COc1ccc2c(c1)[C@@H](NC(=O)[C@@H](C)Oc1ccc(C)cc1C)CC(C)(C)O2. The summed E-state index contributed by atoms with van der Waals surface area (Å²) in [6.45, 7) is 9.83. The highest BCUT2D eigenvalue weighted by Gasteiger charge is 2.35. The first kappa shape index (κ1) is 20.1. The normalized spacial score (nSPS) is 18.4. The fraction of sp³-hybridized carbons (Fsp3) is 0.435. The molecule has 0 saturated heterocycles. The Bertz CT molecular complexity index is 875. The Hall–Kier alpha value is -2.69. The molecule has 0 radical (unpaired) electrons. The molecule has 1 aliphatic heterocycles. The van der Waals surface area contributed by atoms with Crippen molar-refractivity contribution in [2.24, 2.45) is 0 Å². The van der Waals surface area contributed by atoms with Gasteiger partial charge in [-0.2, -0.15) is 0 Å². The van der Waals surface area contributed by atoms with Crippen LogP contribution in [-0.4, -0.2) is 24.7 Å². The molecule has 0 bridgehead atoms. The Kier molecular flexibility index (Phi) is 5.54. The van der Waals surface area contributed by atoms with E-state index in [0.29, 0.717) is 6.42 Å². The minimum absolute atomic E-state index is 0.156. The number of amides is 1. The molecule has 1 aliphatic rings. The van der Waals surface area contributed by atoms with E-state index in [1.54, 1.807) is 14.0 Å². The van der Waals surface area contributed by atoms with Crippen LogP contribution in [0, 0.1) is 13.8 Å². The molecule has 28 heavy (non-hydrogen) atoms. The molecule has 1 amide bonds. The zero-order valence-corrected chi connectivity index (χ0v) is 17.5. The number of aryl methyl sites for hydroxylation is 2. The van der Waals surface area contributed by atoms with E-state index in [1.807, 2.05) is 64.1 Å². The first-order chi connectivity index (χ1) is 13.2. The fourth-order valence-corrected chi connectivity index (χ4v) is 3.55. The lowest BCUT2D eigenvalue weighted by Gasteiger charge is -2.38. The van der Waals surface area contributed by atoms with E-state index in [0.717, 1.165) is 33.9 Å². The number of hydrogen-bond donors (Lipinski definition) is 1. The van der Waals surface area contributed by atoms with Gasteiger partial charge in [0.25, 0.3) is 5.91 Å². The zero-order chi connectivity index (χ0) is 20.5. The number of benzene rings is 2. The van der Waals surface area contributed by atoms with Crippen LogP contribution in [0.15, 0.2) is 36.4 Å². The lowest BCUT2D eigenvalue weighted by molar-refractivity contribution is -0.128. The average molecular weight is 383 g/mol. The van der Waals surface area contributed by atoms with Gasteiger partial charge in [0, 0.05) is 12.0 Å². The first-order valence-corrected chi connectivity index (χ1v) is 9.60. The number of ether oxygens (including phenoxy) is 3. The van der Waals surface area contributed by atoms with Crippen LogP contribution in [0.2, 0.25) is 0 Å². The van der Waals surface area contributed by atoms with Crippen LogP contribution in [0.25, 0.3) is 0 Å².